The lowest BCUT2D eigenvalue weighted by molar-refractivity contribution is 0.256. The van der Waals surface area contributed by atoms with Gasteiger partial charge in [-0.3, -0.25) is 0 Å². The molecule has 1 saturated heterocycles. The summed E-state index contributed by atoms with van der Waals surface area (Å²) in [6, 6.07) is 1.66. The minimum Gasteiger partial charge on any atom is -0.316 e. The van der Waals surface area contributed by atoms with E-state index in [1.54, 1.807) is 0 Å². The lowest BCUT2D eigenvalue weighted by Crippen LogP contribution is -2.38. The van der Waals surface area contributed by atoms with Gasteiger partial charge in [-0.05, 0) is 86.2 Å². The Morgan fingerprint density at radius 1 is 1.12 bits per heavy atom. The van der Waals surface area contributed by atoms with Gasteiger partial charge < -0.3 is 10.6 Å². The van der Waals surface area contributed by atoms with Crippen LogP contribution in [0.15, 0.2) is 6.07 Å². The van der Waals surface area contributed by atoms with Crippen molar-refractivity contribution in [2.75, 3.05) is 24.2 Å². The summed E-state index contributed by atoms with van der Waals surface area (Å²) in [7, 11) is -3.61. The predicted molar refractivity (Wildman–Crippen MR) is 97.4 cm³/mol. The molecule has 4 rings (SSSR count). The third-order valence-electron chi connectivity index (χ3n) is 5.58. The van der Waals surface area contributed by atoms with Crippen LogP contribution in [0.1, 0.15) is 41.5 Å². The van der Waals surface area contributed by atoms with Gasteiger partial charge in [-0.25, -0.2) is 17.9 Å². The van der Waals surface area contributed by atoms with Crippen molar-refractivity contribution in [1.29, 1.82) is 0 Å². The van der Waals surface area contributed by atoms with Crippen LogP contribution >= 0.6 is 0 Å². The molecule has 1 aromatic rings. The Labute approximate surface area is 148 Å². The number of aryl methyl sites for hydroxylation is 2. The summed E-state index contributed by atoms with van der Waals surface area (Å²) in [5.41, 5.74) is 5.91. The van der Waals surface area contributed by atoms with Gasteiger partial charge in [0, 0.05) is 5.69 Å². The molecule has 1 fully saturated rings. The monoisotopic (exact) mass is 363 g/mol. The number of fused-ring (bicyclic) bond motifs is 2. The second-order valence-electron chi connectivity index (χ2n) is 7.43. The molecule has 7 heteroatoms. The molecule has 1 aromatic carbocycles. The smallest absolute Gasteiger partial charge is 0.316 e. The largest absolute Gasteiger partial charge is 0.332 e. The van der Waals surface area contributed by atoms with Gasteiger partial charge in [-0.15, -0.1) is 0 Å². The molecule has 3 aliphatic rings. The van der Waals surface area contributed by atoms with Crippen LogP contribution in [0, 0.1) is 5.92 Å². The van der Waals surface area contributed by atoms with E-state index in [-0.39, 0.29) is 11.7 Å². The Bertz CT molecular complexity index is 766. The standard InChI is InChI=1S/C18H25N3O3S/c22-18(21-25(23,24)11-12-7-8-19-10-12)20-17-15-5-1-3-13(15)9-14-4-2-6-16(14)17/h9,12,19H,1-8,10-11H2,(H2,20,21,22). The van der Waals surface area contributed by atoms with Gasteiger partial charge in [0.2, 0.25) is 10.0 Å². The summed E-state index contributed by atoms with van der Waals surface area (Å²) >= 11 is 0. The Morgan fingerprint density at radius 3 is 2.40 bits per heavy atom. The first-order chi connectivity index (χ1) is 12.0. The number of rotatable bonds is 4. The highest BCUT2D eigenvalue weighted by atomic mass is 32.2. The fraction of sp³-hybridized carbons (Fsp3) is 0.611. The lowest BCUT2D eigenvalue weighted by Gasteiger charge is -2.17. The van der Waals surface area contributed by atoms with Crippen LogP contribution in [0.3, 0.4) is 0 Å². The van der Waals surface area contributed by atoms with Crippen molar-refractivity contribution in [2.24, 2.45) is 5.92 Å². The molecule has 136 valence electrons. The van der Waals surface area contributed by atoms with Crippen molar-refractivity contribution in [1.82, 2.24) is 10.0 Å². The number of anilines is 1. The zero-order valence-corrected chi connectivity index (χ0v) is 15.2. The molecule has 0 spiro atoms. The van der Waals surface area contributed by atoms with Crippen molar-refractivity contribution in [3.05, 3.63) is 28.3 Å². The van der Waals surface area contributed by atoms with Crippen molar-refractivity contribution >= 4 is 21.7 Å². The zero-order chi connectivity index (χ0) is 17.4. The van der Waals surface area contributed by atoms with E-state index in [0.717, 1.165) is 57.2 Å². The third kappa shape index (κ3) is 3.53. The van der Waals surface area contributed by atoms with E-state index in [9.17, 15) is 13.2 Å². The molecule has 2 amide bonds. The molecule has 25 heavy (non-hydrogen) atoms. The van der Waals surface area contributed by atoms with Crippen LogP contribution in [0.25, 0.3) is 0 Å². The minimum atomic E-state index is -3.61. The molecule has 6 nitrogen and oxygen atoms in total. The maximum atomic E-state index is 12.4. The van der Waals surface area contributed by atoms with Crippen molar-refractivity contribution in [2.45, 2.75) is 44.9 Å². The molecule has 1 aliphatic heterocycles. The van der Waals surface area contributed by atoms with Crippen LogP contribution in [0.4, 0.5) is 10.5 Å². The molecule has 1 unspecified atom stereocenters. The summed E-state index contributed by atoms with van der Waals surface area (Å²) in [5.74, 6) is 0.0776. The van der Waals surface area contributed by atoms with Gasteiger partial charge in [0.05, 0.1) is 5.75 Å². The van der Waals surface area contributed by atoms with E-state index in [2.05, 4.69) is 21.4 Å². The molecule has 0 saturated carbocycles. The quantitative estimate of drug-likeness (QED) is 0.760. The van der Waals surface area contributed by atoms with Gasteiger partial charge >= 0.3 is 6.03 Å². The van der Waals surface area contributed by atoms with Crippen LogP contribution in [-0.2, 0) is 35.7 Å². The summed E-state index contributed by atoms with van der Waals surface area (Å²) < 4.78 is 26.7. The van der Waals surface area contributed by atoms with E-state index in [4.69, 9.17) is 0 Å². The average molecular weight is 363 g/mol. The second-order valence-corrected chi connectivity index (χ2v) is 9.20. The van der Waals surface area contributed by atoms with Crippen molar-refractivity contribution in [3.8, 4) is 0 Å². The normalized spacial score (nSPS) is 21.8. The fourth-order valence-corrected chi connectivity index (χ4v) is 5.78. The number of benzene rings is 1. The number of amides is 2. The number of sulfonamides is 1. The number of hydrogen-bond acceptors (Lipinski definition) is 4. The molecule has 1 atom stereocenters. The summed E-state index contributed by atoms with van der Waals surface area (Å²) in [4.78, 5) is 12.4. The van der Waals surface area contributed by atoms with Crippen LogP contribution in [0.2, 0.25) is 0 Å². The Kier molecular flexibility index (Phi) is 4.45. The number of carbonyl (C=O) groups excluding carboxylic acids is 1. The highest BCUT2D eigenvalue weighted by Gasteiger charge is 2.27. The van der Waals surface area contributed by atoms with Gasteiger partial charge in [0.1, 0.15) is 0 Å². The topological polar surface area (TPSA) is 87.3 Å². The molecule has 0 radical (unpaired) electrons. The van der Waals surface area contributed by atoms with Crippen LogP contribution in [-0.4, -0.2) is 33.3 Å². The first-order valence-corrected chi connectivity index (χ1v) is 10.9. The van der Waals surface area contributed by atoms with Crippen molar-refractivity contribution in [3.63, 3.8) is 0 Å². The molecule has 1 heterocycles. The van der Waals surface area contributed by atoms with E-state index in [1.807, 2.05) is 0 Å². The van der Waals surface area contributed by atoms with E-state index >= 15 is 0 Å². The molecule has 2 aliphatic carbocycles. The van der Waals surface area contributed by atoms with Crippen LogP contribution < -0.4 is 15.4 Å². The van der Waals surface area contributed by atoms with Gasteiger partial charge in [-0.1, -0.05) is 6.07 Å². The summed E-state index contributed by atoms with van der Waals surface area (Å²) in [6.07, 6.45) is 7.04. The third-order valence-corrected chi connectivity index (χ3v) is 6.98. The van der Waals surface area contributed by atoms with Gasteiger partial charge in [-0.2, -0.15) is 0 Å². The number of carbonyl (C=O) groups is 1. The van der Waals surface area contributed by atoms with Gasteiger partial charge in [0.15, 0.2) is 0 Å². The maximum Gasteiger partial charge on any atom is 0.332 e. The molecule has 0 aromatic heterocycles. The highest BCUT2D eigenvalue weighted by Crippen LogP contribution is 2.38. The number of urea groups is 1. The average Bonchev–Trinajstić information content (AvgIpc) is 3.25. The second kappa shape index (κ2) is 6.61. The first-order valence-electron chi connectivity index (χ1n) is 9.20. The Balaban J connectivity index is 1.50. The van der Waals surface area contributed by atoms with E-state index in [1.165, 1.54) is 22.3 Å². The summed E-state index contributed by atoms with van der Waals surface area (Å²) in [5, 5.41) is 6.03. The van der Waals surface area contributed by atoms with Crippen LogP contribution in [0.5, 0.6) is 0 Å². The lowest BCUT2D eigenvalue weighted by atomic mass is 9.99. The SMILES string of the molecule is O=C(Nc1c2c(cc3c1CCC3)CCC2)NS(=O)(=O)CC1CCNC1. The molecular weight excluding hydrogens is 338 g/mol. The number of hydrogen-bond donors (Lipinski definition) is 3. The Morgan fingerprint density at radius 2 is 1.80 bits per heavy atom. The van der Waals surface area contributed by atoms with E-state index < -0.39 is 16.1 Å². The predicted octanol–water partition coefficient (Wildman–Crippen LogP) is 1.72. The fourth-order valence-electron chi connectivity index (χ4n) is 4.46. The van der Waals surface area contributed by atoms with E-state index in [0.29, 0.717) is 6.54 Å². The van der Waals surface area contributed by atoms with Gasteiger partial charge in [0.25, 0.3) is 0 Å². The maximum absolute atomic E-state index is 12.4. The summed E-state index contributed by atoms with van der Waals surface area (Å²) in [6.45, 7) is 1.54. The molecular formula is C18H25N3O3S. The van der Waals surface area contributed by atoms with Crippen molar-refractivity contribution < 1.29 is 13.2 Å². The zero-order valence-electron chi connectivity index (χ0n) is 14.4. The molecule has 3 N–H and O–H groups in total. The highest BCUT2D eigenvalue weighted by molar-refractivity contribution is 7.90. The number of nitrogens with one attached hydrogen (secondary N) is 3. The minimum absolute atomic E-state index is 0.00156. The molecule has 0 bridgehead atoms. The first kappa shape index (κ1) is 16.8. The Hall–Kier alpha value is -1.60.